The van der Waals surface area contributed by atoms with Crippen LogP contribution in [0.5, 0.6) is 0 Å². The summed E-state index contributed by atoms with van der Waals surface area (Å²) < 4.78 is 5.15. The van der Waals surface area contributed by atoms with Gasteiger partial charge < -0.3 is 15.0 Å². The average molecular weight is 316 g/mol. The molecular formula is C15H16N4O4. The van der Waals surface area contributed by atoms with Crippen LogP contribution in [0, 0.1) is 0 Å². The second kappa shape index (κ2) is 6.57. The summed E-state index contributed by atoms with van der Waals surface area (Å²) in [7, 11) is 0. The first-order valence-electron chi connectivity index (χ1n) is 7.28. The molecule has 1 aliphatic heterocycles. The van der Waals surface area contributed by atoms with Crippen molar-refractivity contribution in [2.75, 3.05) is 26.3 Å². The van der Waals surface area contributed by atoms with Gasteiger partial charge in [0, 0.05) is 18.5 Å². The summed E-state index contributed by atoms with van der Waals surface area (Å²) in [4.78, 5) is 37.2. The van der Waals surface area contributed by atoms with E-state index in [0.717, 1.165) is 0 Å². The Bertz CT molecular complexity index is 795. The molecule has 2 heterocycles. The third-order valence-corrected chi connectivity index (χ3v) is 3.68. The fourth-order valence-electron chi connectivity index (χ4n) is 2.46. The molecule has 0 unspecified atom stereocenters. The fourth-order valence-corrected chi connectivity index (χ4v) is 2.46. The molecule has 1 aromatic carbocycles. The van der Waals surface area contributed by atoms with Crippen molar-refractivity contribution >= 4 is 22.6 Å². The zero-order valence-electron chi connectivity index (χ0n) is 12.4. The second-order valence-corrected chi connectivity index (χ2v) is 5.13. The van der Waals surface area contributed by atoms with Crippen LogP contribution in [0.4, 0.5) is 0 Å². The molecule has 1 fully saturated rings. The Morgan fingerprint density at radius 3 is 2.65 bits per heavy atom. The van der Waals surface area contributed by atoms with Gasteiger partial charge in [-0.05, 0) is 6.07 Å². The quantitative estimate of drug-likeness (QED) is 0.720. The first kappa shape index (κ1) is 15.2. The van der Waals surface area contributed by atoms with Crippen LogP contribution in [-0.4, -0.2) is 53.2 Å². The second-order valence-electron chi connectivity index (χ2n) is 5.13. The number of aromatic nitrogens is 2. The number of carbonyl (C=O) groups is 2. The number of ether oxygens (including phenoxy) is 1. The molecule has 0 atom stereocenters. The Kier molecular flexibility index (Phi) is 4.33. The first-order valence-corrected chi connectivity index (χ1v) is 7.28. The van der Waals surface area contributed by atoms with E-state index in [1.54, 1.807) is 24.3 Å². The van der Waals surface area contributed by atoms with Crippen LogP contribution in [0.1, 0.15) is 5.69 Å². The minimum absolute atomic E-state index is 0.0617. The van der Waals surface area contributed by atoms with Crippen LogP contribution in [-0.2, 0) is 20.9 Å². The van der Waals surface area contributed by atoms with E-state index in [-0.39, 0.29) is 12.1 Å². The molecule has 8 heteroatoms. The number of hydrogen-bond acceptors (Lipinski definition) is 5. The van der Waals surface area contributed by atoms with Gasteiger partial charge in [0.05, 0.1) is 30.8 Å². The van der Waals surface area contributed by atoms with Gasteiger partial charge in [-0.2, -0.15) is 5.10 Å². The summed E-state index contributed by atoms with van der Waals surface area (Å²) in [5.74, 6) is -1.27. The highest BCUT2D eigenvalue weighted by Gasteiger charge is 2.23. The number of rotatable bonds is 2. The molecule has 0 aliphatic carbocycles. The Balaban J connectivity index is 1.71. The zero-order valence-corrected chi connectivity index (χ0v) is 12.4. The third-order valence-electron chi connectivity index (χ3n) is 3.68. The van der Waals surface area contributed by atoms with Gasteiger partial charge in [0.15, 0.2) is 0 Å². The van der Waals surface area contributed by atoms with E-state index < -0.39 is 11.8 Å². The van der Waals surface area contributed by atoms with E-state index in [9.17, 15) is 14.4 Å². The van der Waals surface area contributed by atoms with Crippen LogP contribution >= 0.6 is 0 Å². The smallest absolute Gasteiger partial charge is 0.312 e. The largest absolute Gasteiger partial charge is 0.378 e. The van der Waals surface area contributed by atoms with Gasteiger partial charge in [0.1, 0.15) is 0 Å². The normalized spacial score (nSPS) is 14.7. The molecule has 1 aromatic heterocycles. The number of nitrogens with one attached hydrogen (secondary N) is 2. The number of hydrogen-bond donors (Lipinski definition) is 2. The lowest BCUT2D eigenvalue weighted by Gasteiger charge is -2.26. The molecule has 8 nitrogen and oxygen atoms in total. The van der Waals surface area contributed by atoms with Crippen molar-refractivity contribution in [1.29, 1.82) is 0 Å². The van der Waals surface area contributed by atoms with Crippen LogP contribution in [0.15, 0.2) is 29.1 Å². The summed E-state index contributed by atoms with van der Waals surface area (Å²) in [6.45, 7) is 1.75. The monoisotopic (exact) mass is 316 g/mol. The van der Waals surface area contributed by atoms with E-state index in [1.807, 2.05) is 0 Å². The third kappa shape index (κ3) is 3.21. The van der Waals surface area contributed by atoms with E-state index in [4.69, 9.17) is 4.74 Å². The molecule has 2 amide bonds. The van der Waals surface area contributed by atoms with Crippen molar-refractivity contribution in [3.05, 3.63) is 40.3 Å². The van der Waals surface area contributed by atoms with E-state index in [2.05, 4.69) is 15.5 Å². The molecule has 2 N–H and O–H groups in total. The Hall–Kier alpha value is -2.74. The van der Waals surface area contributed by atoms with Gasteiger partial charge in [0.2, 0.25) is 0 Å². The van der Waals surface area contributed by atoms with Gasteiger partial charge in [-0.3, -0.25) is 14.4 Å². The molecule has 0 saturated carbocycles. The van der Waals surface area contributed by atoms with E-state index in [0.29, 0.717) is 42.8 Å². The topological polar surface area (TPSA) is 104 Å². The number of carbonyl (C=O) groups excluding carboxylic acids is 2. The van der Waals surface area contributed by atoms with Gasteiger partial charge in [-0.1, -0.05) is 18.2 Å². The maximum Gasteiger partial charge on any atom is 0.312 e. The number of H-pyrrole nitrogens is 1. The van der Waals surface area contributed by atoms with Gasteiger partial charge in [-0.25, -0.2) is 5.10 Å². The Morgan fingerprint density at radius 2 is 1.91 bits per heavy atom. The molecule has 3 rings (SSSR count). The highest BCUT2D eigenvalue weighted by atomic mass is 16.5. The Labute approximate surface area is 131 Å². The molecule has 23 heavy (non-hydrogen) atoms. The number of morpholine rings is 1. The summed E-state index contributed by atoms with van der Waals surface area (Å²) in [5, 5.41) is 10.0. The number of fused-ring (bicyclic) bond motifs is 1. The predicted molar refractivity (Wildman–Crippen MR) is 81.6 cm³/mol. The van der Waals surface area contributed by atoms with Crippen molar-refractivity contribution in [3.8, 4) is 0 Å². The summed E-state index contributed by atoms with van der Waals surface area (Å²) in [6.07, 6.45) is 0. The molecule has 1 aliphatic rings. The molecule has 2 aromatic rings. The lowest BCUT2D eigenvalue weighted by molar-refractivity contribution is -0.148. The summed E-state index contributed by atoms with van der Waals surface area (Å²) in [5.41, 5.74) is 0.211. The maximum absolute atomic E-state index is 12.0. The standard InChI is InChI=1S/C15H16N4O4/c20-13-11-4-2-1-3-10(11)12(17-18-13)9-16-14(21)15(22)19-5-7-23-8-6-19/h1-4H,5-9H2,(H,16,21)(H,18,20). The molecule has 1 saturated heterocycles. The first-order chi connectivity index (χ1) is 11.2. The van der Waals surface area contributed by atoms with Crippen molar-refractivity contribution in [2.45, 2.75) is 6.54 Å². The number of aromatic amines is 1. The molecule has 0 bridgehead atoms. The van der Waals surface area contributed by atoms with Crippen LogP contribution in [0.25, 0.3) is 10.8 Å². The predicted octanol–water partition coefficient (Wildman–Crippen LogP) is -0.602. The van der Waals surface area contributed by atoms with Gasteiger partial charge >= 0.3 is 11.8 Å². The summed E-state index contributed by atoms with van der Waals surface area (Å²) in [6, 6.07) is 6.97. The number of benzene rings is 1. The lowest BCUT2D eigenvalue weighted by Crippen LogP contribution is -2.47. The van der Waals surface area contributed by atoms with Crippen molar-refractivity contribution in [1.82, 2.24) is 20.4 Å². The van der Waals surface area contributed by atoms with Crippen LogP contribution in [0.2, 0.25) is 0 Å². The molecule has 120 valence electrons. The van der Waals surface area contributed by atoms with Crippen LogP contribution in [0.3, 0.4) is 0 Å². The highest BCUT2D eigenvalue weighted by Crippen LogP contribution is 2.11. The van der Waals surface area contributed by atoms with Gasteiger partial charge in [0.25, 0.3) is 5.56 Å². The van der Waals surface area contributed by atoms with E-state index >= 15 is 0 Å². The van der Waals surface area contributed by atoms with Crippen molar-refractivity contribution in [2.24, 2.45) is 0 Å². The number of nitrogens with zero attached hydrogens (tertiary/aromatic N) is 2. The van der Waals surface area contributed by atoms with E-state index in [1.165, 1.54) is 4.90 Å². The molecule has 0 radical (unpaired) electrons. The Morgan fingerprint density at radius 1 is 1.22 bits per heavy atom. The SMILES string of the molecule is O=C(NCc1n[nH]c(=O)c2ccccc12)C(=O)N1CCOCC1. The fraction of sp³-hybridized carbons (Fsp3) is 0.333. The van der Waals surface area contributed by atoms with Crippen molar-refractivity contribution in [3.63, 3.8) is 0 Å². The molecular weight excluding hydrogens is 300 g/mol. The average Bonchev–Trinajstić information content (AvgIpc) is 2.61. The lowest BCUT2D eigenvalue weighted by atomic mass is 10.1. The van der Waals surface area contributed by atoms with Crippen molar-refractivity contribution < 1.29 is 14.3 Å². The minimum atomic E-state index is -0.691. The van der Waals surface area contributed by atoms with Gasteiger partial charge in [-0.15, -0.1) is 0 Å². The number of amides is 2. The maximum atomic E-state index is 12.0. The minimum Gasteiger partial charge on any atom is -0.378 e. The highest BCUT2D eigenvalue weighted by molar-refractivity contribution is 6.35. The molecule has 0 spiro atoms. The summed E-state index contributed by atoms with van der Waals surface area (Å²) >= 11 is 0. The zero-order chi connectivity index (χ0) is 16.2. The van der Waals surface area contributed by atoms with Crippen LogP contribution < -0.4 is 10.9 Å².